The molecule has 3 rings (SSSR count). The third-order valence-corrected chi connectivity index (χ3v) is 6.04. The maximum atomic E-state index is 13.0. The second-order valence-electron chi connectivity index (χ2n) is 7.21. The van der Waals surface area contributed by atoms with Crippen molar-refractivity contribution in [2.45, 2.75) is 26.9 Å². The molecule has 1 heterocycles. The maximum absolute atomic E-state index is 13.0. The van der Waals surface area contributed by atoms with E-state index in [9.17, 15) is 14.4 Å². The maximum Gasteiger partial charge on any atom is 0.344 e. The van der Waals surface area contributed by atoms with Crippen molar-refractivity contribution < 1.29 is 29.0 Å². The molecular formula is C24H26N2O6S. The van der Waals surface area contributed by atoms with Crippen LogP contribution in [-0.4, -0.2) is 48.5 Å². The molecule has 0 radical (unpaired) electrons. The zero-order valence-corrected chi connectivity index (χ0v) is 19.7. The van der Waals surface area contributed by atoms with Crippen molar-refractivity contribution in [3.05, 3.63) is 52.9 Å². The summed E-state index contributed by atoms with van der Waals surface area (Å²) in [6.07, 6.45) is 0.552. The highest BCUT2D eigenvalue weighted by molar-refractivity contribution is 8.19. The number of carbonyl (C=O) groups excluding carboxylic acids is 2. The van der Waals surface area contributed by atoms with E-state index < -0.39 is 18.0 Å². The number of aliphatic carboxylic acids is 1. The number of hydrogen-bond acceptors (Lipinski definition) is 7. The summed E-state index contributed by atoms with van der Waals surface area (Å²) in [7, 11) is 1.44. The summed E-state index contributed by atoms with van der Waals surface area (Å²) in [6, 6.07) is 12.2. The van der Waals surface area contributed by atoms with E-state index in [0.29, 0.717) is 17.0 Å². The van der Waals surface area contributed by atoms with E-state index in [4.69, 9.17) is 14.6 Å². The first kappa shape index (κ1) is 24.2. The number of ether oxygens (including phenoxy) is 2. The van der Waals surface area contributed by atoms with Gasteiger partial charge in [0, 0.05) is 18.8 Å². The highest BCUT2D eigenvalue weighted by atomic mass is 32.2. The summed E-state index contributed by atoms with van der Waals surface area (Å²) < 4.78 is 10.7. The molecule has 1 aliphatic heterocycles. The van der Waals surface area contributed by atoms with Gasteiger partial charge in [-0.15, -0.1) is 0 Å². The van der Waals surface area contributed by atoms with Crippen LogP contribution in [-0.2, 0) is 9.59 Å². The monoisotopic (exact) mass is 470 g/mol. The molecular weight excluding hydrogens is 444 g/mol. The largest absolute Gasteiger partial charge is 0.493 e. The molecule has 1 atom stereocenters. The number of anilines is 2. The Morgan fingerprint density at radius 3 is 2.36 bits per heavy atom. The SMILES string of the molecule is CCN(CC)c1ccc(N2C(=O)S/C(=C/c3ccc(OC(C)C(=O)O)c(OC)c3)C2=O)cc1. The summed E-state index contributed by atoms with van der Waals surface area (Å²) in [5, 5.41) is 8.67. The fraction of sp³-hybridized carbons (Fsp3) is 0.292. The van der Waals surface area contributed by atoms with Crippen LogP contribution in [0.3, 0.4) is 0 Å². The molecule has 33 heavy (non-hydrogen) atoms. The summed E-state index contributed by atoms with van der Waals surface area (Å²) >= 11 is 0.862. The van der Waals surface area contributed by atoms with Crippen molar-refractivity contribution in [2.75, 3.05) is 30.0 Å². The van der Waals surface area contributed by atoms with Gasteiger partial charge in [0.2, 0.25) is 0 Å². The Morgan fingerprint density at radius 1 is 1.12 bits per heavy atom. The first-order valence-corrected chi connectivity index (χ1v) is 11.3. The summed E-state index contributed by atoms with van der Waals surface area (Å²) in [5.74, 6) is -0.909. The number of carboxylic acids is 1. The molecule has 0 spiro atoms. The van der Waals surface area contributed by atoms with Crippen LogP contribution in [0.5, 0.6) is 11.5 Å². The zero-order valence-electron chi connectivity index (χ0n) is 18.9. The number of imide groups is 1. The van der Waals surface area contributed by atoms with Gasteiger partial charge in [-0.1, -0.05) is 6.07 Å². The van der Waals surface area contributed by atoms with Gasteiger partial charge in [-0.2, -0.15) is 0 Å². The van der Waals surface area contributed by atoms with Crippen molar-refractivity contribution in [2.24, 2.45) is 0 Å². The number of rotatable bonds is 9. The average molecular weight is 471 g/mol. The topological polar surface area (TPSA) is 96.4 Å². The number of nitrogens with zero attached hydrogens (tertiary/aromatic N) is 2. The Labute approximate surface area is 196 Å². The normalized spacial score (nSPS) is 15.6. The number of carboxylic acid groups (broad SMARTS) is 1. The van der Waals surface area contributed by atoms with Crippen LogP contribution in [0.25, 0.3) is 6.08 Å². The molecule has 1 unspecified atom stereocenters. The van der Waals surface area contributed by atoms with E-state index in [1.165, 1.54) is 14.0 Å². The van der Waals surface area contributed by atoms with Crippen LogP contribution >= 0.6 is 11.8 Å². The fourth-order valence-corrected chi connectivity index (χ4v) is 4.20. The van der Waals surface area contributed by atoms with Gasteiger partial charge < -0.3 is 19.5 Å². The molecule has 174 valence electrons. The van der Waals surface area contributed by atoms with Gasteiger partial charge in [-0.25, -0.2) is 9.69 Å². The molecule has 0 aliphatic carbocycles. The van der Waals surface area contributed by atoms with Gasteiger partial charge in [0.15, 0.2) is 17.6 Å². The summed E-state index contributed by atoms with van der Waals surface area (Å²) in [5.41, 5.74) is 2.16. The van der Waals surface area contributed by atoms with Crippen molar-refractivity contribution in [3.8, 4) is 11.5 Å². The van der Waals surface area contributed by atoms with Crippen LogP contribution in [0.2, 0.25) is 0 Å². The zero-order chi connectivity index (χ0) is 24.1. The molecule has 2 amide bonds. The fourth-order valence-electron chi connectivity index (χ4n) is 3.36. The van der Waals surface area contributed by atoms with E-state index in [2.05, 4.69) is 18.7 Å². The predicted octanol–water partition coefficient (Wildman–Crippen LogP) is 4.63. The Kier molecular flexibility index (Phi) is 7.65. The number of benzene rings is 2. The van der Waals surface area contributed by atoms with Gasteiger partial charge in [-0.05, 0) is 80.6 Å². The van der Waals surface area contributed by atoms with Crippen molar-refractivity contribution in [1.29, 1.82) is 0 Å². The highest BCUT2D eigenvalue weighted by Crippen LogP contribution is 2.37. The molecule has 1 aliphatic rings. The molecule has 1 N–H and O–H groups in total. The second kappa shape index (κ2) is 10.4. The predicted molar refractivity (Wildman–Crippen MR) is 129 cm³/mol. The lowest BCUT2D eigenvalue weighted by atomic mass is 10.1. The lowest BCUT2D eigenvalue weighted by Crippen LogP contribution is -2.28. The Hall–Kier alpha value is -3.46. The van der Waals surface area contributed by atoms with Crippen LogP contribution in [0, 0.1) is 0 Å². The minimum Gasteiger partial charge on any atom is -0.493 e. The van der Waals surface area contributed by atoms with E-state index in [0.717, 1.165) is 35.4 Å². The van der Waals surface area contributed by atoms with E-state index >= 15 is 0 Å². The molecule has 2 aromatic rings. The lowest BCUT2D eigenvalue weighted by molar-refractivity contribution is -0.144. The molecule has 0 bridgehead atoms. The van der Waals surface area contributed by atoms with Crippen LogP contribution in [0.1, 0.15) is 26.3 Å². The Balaban J connectivity index is 1.82. The number of hydrogen-bond donors (Lipinski definition) is 1. The van der Waals surface area contributed by atoms with Crippen LogP contribution < -0.4 is 19.3 Å². The van der Waals surface area contributed by atoms with Gasteiger partial charge in [0.1, 0.15) is 0 Å². The summed E-state index contributed by atoms with van der Waals surface area (Å²) in [6.45, 7) is 7.28. The molecule has 9 heteroatoms. The standard InChI is InChI=1S/C24H26N2O6S/c1-5-25(6-2)17-8-10-18(11-9-17)26-22(27)21(33-24(26)30)14-16-7-12-19(20(13-16)31-4)32-15(3)23(28)29/h7-15H,5-6H2,1-4H3,(H,28,29)/b21-14+. The smallest absolute Gasteiger partial charge is 0.344 e. The Bertz CT molecular complexity index is 1080. The van der Waals surface area contributed by atoms with Gasteiger partial charge >= 0.3 is 5.97 Å². The van der Waals surface area contributed by atoms with Crippen LogP contribution in [0.15, 0.2) is 47.4 Å². The third kappa shape index (κ3) is 5.31. The van der Waals surface area contributed by atoms with Gasteiger partial charge in [0.25, 0.3) is 11.1 Å². The van der Waals surface area contributed by atoms with E-state index in [1.54, 1.807) is 36.4 Å². The van der Waals surface area contributed by atoms with Crippen molar-refractivity contribution in [3.63, 3.8) is 0 Å². The van der Waals surface area contributed by atoms with Gasteiger partial charge in [-0.3, -0.25) is 9.59 Å². The van der Waals surface area contributed by atoms with Crippen LogP contribution in [0.4, 0.5) is 16.2 Å². The van der Waals surface area contributed by atoms with E-state index in [1.807, 2.05) is 12.1 Å². The van der Waals surface area contributed by atoms with Crippen molar-refractivity contribution in [1.82, 2.24) is 0 Å². The first-order chi connectivity index (χ1) is 15.8. The molecule has 0 aromatic heterocycles. The quantitative estimate of drug-likeness (QED) is 0.530. The molecule has 2 aromatic carbocycles. The first-order valence-electron chi connectivity index (χ1n) is 10.5. The average Bonchev–Trinajstić information content (AvgIpc) is 3.08. The number of methoxy groups -OCH3 is 1. The molecule has 1 fully saturated rings. The molecule has 8 nitrogen and oxygen atoms in total. The number of carbonyl (C=O) groups is 3. The van der Waals surface area contributed by atoms with E-state index in [-0.39, 0.29) is 15.9 Å². The number of amides is 2. The minimum absolute atomic E-state index is 0.269. The molecule has 1 saturated heterocycles. The highest BCUT2D eigenvalue weighted by Gasteiger charge is 2.36. The minimum atomic E-state index is -1.10. The second-order valence-corrected chi connectivity index (χ2v) is 8.21. The lowest BCUT2D eigenvalue weighted by Gasteiger charge is -2.22. The third-order valence-electron chi connectivity index (χ3n) is 5.17. The Morgan fingerprint density at radius 2 is 1.79 bits per heavy atom. The number of thioether (sulfide) groups is 1. The van der Waals surface area contributed by atoms with Gasteiger partial charge in [0.05, 0.1) is 17.7 Å². The molecule has 0 saturated carbocycles. The summed E-state index contributed by atoms with van der Waals surface area (Å²) in [4.78, 5) is 40.2. The van der Waals surface area contributed by atoms with Crippen molar-refractivity contribution >= 4 is 46.3 Å².